The minimum absolute atomic E-state index is 0.155. The molecule has 10 rings (SSSR count). The van der Waals surface area contributed by atoms with Gasteiger partial charge in [-0.3, -0.25) is 0 Å². The van der Waals surface area contributed by atoms with Crippen LogP contribution in [-0.4, -0.2) is 6.71 Å². The van der Waals surface area contributed by atoms with Gasteiger partial charge in [-0.25, -0.2) is 0 Å². The summed E-state index contributed by atoms with van der Waals surface area (Å²) in [5, 5.41) is 0. The Hall–Kier alpha value is -5.52. The smallest absolute Gasteiger partial charge is 0.264 e. The first kappa shape index (κ1) is 28.5. The zero-order valence-electron chi connectivity index (χ0n) is 27.2. The van der Waals surface area contributed by atoms with Crippen molar-refractivity contribution in [2.24, 2.45) is 0 Å². The van der Waals surface area contributed by atoms with E-state index in [-0.39, 0.29) is 6.71 Å². The van der Waals surface area contributed by atoms with Crippen molar-refractivity contribution in [3.05, 3.63) is 168 Å². The highest BCUT2D eigenvalue weighted by atomic mass is 32.1. The number of hydrogen-bond donors (Lipinski definition) is 0. The molecule has 0 saturated heterocycles. The Bertz CT molecular complexity index is 2260. The molecule has 0 bridgehead atoms. The Balaban J connectivity index is 1.26. The molecule has 0 atom stereocenters. The van der Waals surface area contributed by atoms with Gasteiger partial charge in [-0.05, 0) is 115 Å². The highest BCUT2D eigenvalue weighted by Crippen LogP contribution is 2.49. The van der Waals surface area contributed by atoms with Gasteiger partial charge in [0.2, 0.25) is 0 Å². The van der Waals surface area contributed by atoms with Gasteiger partial charge in [0.25, 0.3) is 6.71 Å². The maximum atomic E-state index is 2.58. The molecule has 49 heavy (non-hydrogen) atoms. The number of fused-ring (bicyclic) bond motifs is 6. The highest BCUT2D eigenvalue weighted by molar-refractivity contribution is 7.29. The van der Waals surface area contributed by atoms with Gasteiger partial charge in [-0.2, -0.15) is 11.3 Å². The summed E-state index contributed by atoms with van der Waals surface area (Å²) in [5.41, 5.74) is 15.4. The molecule has 3 aliphatic rings. The average Bonchev–Trinajstić information content (AvgIpc) is 3.56. The van der Waals surface area contributed by atoms with Gasteiger partial charge in [-0.15, -0.1) is 0 Å². The SMILES string of the molecule is c1ccc(N(c2ccccc2)c2ccc3c(c2)N(c2ccccc2)c2cccc4c2B3c2sc3c(c2N4c2ccccc2)CCCC3)cc1. The molecule has 3 heterocycles. The van der Waals surface area contributed by atoms with E-state index in [1.165, 1.54) is 69.1 Å². The van der Waals surface area contributed by atoms with Crippen molar-refractivity contribution >= 4 is 84.9 Å². The summed E-state index contributed by atoms with van der Waals surface area (Å²) in [5.74, 6) is 0. The number of thiophene rings is 1. The van der Waals surface area contributed by atoms with Crippen LogP contribution < -0.4 is 30.4 Å². The molecule has 0 N–H and O–H groups in total. The summed E-state index contributed by atoms with van der Waals surface area (Å²) in [7, 11) is 0. The van der Waals surface area contributed by atoms with Crippen molar-refractivity contribution in [1.29, 1.82) is 0 Å². The molecule has 1 aromatic heterocycles. The Kier molecular flexibility index (Phi) is 6.73. The fourth-order valence-electron chi connectivity index (χ4n) is 8.33. The normalized spacial score (nSPS) is 14.1. The van der Waals surface area contributed by atoms with Crippen LogP contribution in [-0.2, 0) is 12.8 Å². The quantitative estimate of drug-likeness (QED) is 0.172. The second-order valence-electron chi connectivity index (χ2n) is 13.2. The first-order valence-corrected chi connectivity index (χ1v) is 18.2. The van der Waals surface area contributed by atoms with Crippen molar-refractivity contribution in [1.82, 2.24) is 0 Å². The lowest BCUT2D eigenvalue weighted by Gasteiger charge is -2.43. The van der Waals surface area contributed by atoms with Crippen LogP contribution in [0.25, 0.3) is 0 Å². The van der Waals surface area contributed by atoms with Gasteiger partial charge in [-0.1, -0.05) is 84.9 Å². The fourth-order valence-corrected chi connectivity index (χ4v) is 9.83. The molecule has 234 valence electrons. The number of nitrogens with zero attached hydrogens (tertiary/aromatic N) is 3. The second-order valence-corrected chi connectivity index (χ2v) is 14.3. The van der Waals surface area contributed by atoms with Crippen LogP contribution in [0.4, 0.5) is 51.2 Å². The molecule has 5 heteroatoms. The van der Waals surface area contributed by atoms with Crippen molar-refractivity contribution in [3.63, 3.8) is 0 Å². The summed E-state index contributed by atoms with van der Waals surface area (Å²) in [6, 6.07) is 57.5. The van der Waals surface area contributed by atoms with Crippen LogP contribution in [0.15, 0.2) is 158 Å². The minimum atomic E-state index is 0.155. The lowest BCUT2D eigenvalue weighted by Crippen LogP contribution is -2.60. The second kappa shape index (κ2) is 11.6. The molecule has 0 saturated carbocycles. The lowest BCUT2D eigenvalue weighted by molar-refractivity contribution is 0.697. The standard InChI is InChI=1S/C44H34BN3S/c1-5-16-31(17-6-1)46(32-18-7-2-8-19-32)35-28-29-37-40(30-35)47(33-20-9-3-10-21-33)38-25-15-26-39-42(38)45(37)44-43(36-24-13-14-27-41(36)49-44)48(39)34-22-11-4-12-23-34/h1-12,15-23,25-26,28-30H,13-14,24,27H2. The molecular weight excluding hydrogens is 613 g/mol. The van der Waals surface area contributed by atoms with E-state index in [4.69, 9.17) is 0 Å². The number of rotatable bonds is 5. The van der Waals surface area contributed by atoms with E-state index < -0.39 is 0 Å². The third-order valence-corrected chi connectivity index (χ3v) is 11.7. The number of aryl methyl sites for hydroxylation is 1. The van der Waals surface area contributed by atoms with Gasteiger partial charge >= 0.3 is 0 Å². The molecule has 2 aliphatic heterocycles. The molecule has 0 amide bonds. The van der Waals surface area contributed by atoms with Gasteiger partial charge in [0.05, 0.1) is 5.69 Å². The molecule has 0 unspecified atom stereocenters. The van der Waals surface area contributed by atoms with E-state index in [2.05, 4.69) is 184 Å². The number of anilines is 9. The van der Waals surface area contributed by atoms with E-state index in [0.29, 0.717) is 0 Å². The van der Waals surface area contributed by atoms with Crippen LogP contribution in [0.3, 0.4) is 0 Å². The summed E-state index contributed by atoms with van der Waals surface area (Å²) in [6.45, 7) is 0.155. The first-order valence-electron chi connectivity index (χ1n) is 17.4. The van der Waals surface area contributed by atoms with Crippen LogP contribution in [0.5, 0.6) is 0 Å². The van der Waals surface area contributed by atoms with Crippen LogP contribution in [0.1, 0.15) is 23.3 Å². The molecular formula is C44H34BN3S. The predicted octanol–water partition coefficient (Wildman–Crippen LogP) is 10.2. The van der Waals surface area contributed by atoms with Gasteiger partial charge in [0, 0.05) is 55.2 Å². The molecule has 0 fully saturated rings. The Labute approximate surface area is 292 Å². The van der Waals surface area contributed by atoms with Gasteiger partial charge < -0.3 is 14.7 Å². The van der Waals surface area contributed by atoms with Crippen LogP contribution >= 0.6 is 11.3 Å². The summed E-state index contributed by atoms with van der Waals surface area (Å²) in [4.78, 5) is 9.04. The maximum absolute atomic E-state index is 2.58. The van der Waals surface area contributed by atoms with Crippen molar-refractivity contribution < 1.29 is 0 Å². The van der Waals surface area contributed by atoms with E-state index in [0.717, 1.165) is 23.5 Å². The summed E-state index contributed by atoms with van der Waals surface area (Å²) in [6.07, 6.45) is 4.86. The molecule has 6 aromatic carbocycles. The topological polar surface area (TPSA) is 9.72 Å². The highest BCUT2D eigenvalue weighted by Gasteiger charge is 2.46. The molecule has 3 nitrogen and oxygen atoms in total. The number of para-hydroxylation sites is 4. The summed E-state index contributed by atoms with van der Waals surface area (Å²) >= 11 is 2.07. The maximum Gasteiger partial charge on any atom is 0.264 e. The number of benzene rings is 6. The third kappa shape index (κ3) is 4.49. The zero-order chi connectivity index (χ0) is 32.3. The third-order valence-electron chi connectivity index (χ3n) is 10.4. The average molecular weight is 648 g/mol. The number of hydrogen-bond acceptors (Lipinski definition) is 4. The molecule has 7 aromatic rings. The Morgan fingerprint density at radius 3 is 1.73 bits per heavy atom. The predicted molar refractivity (Wildman–Crippen MR) is 210 cm³/mol. The monoisotopic (exact) mass is 647 g/mol. The minimum Gasteiger partial charge on any atom is -0.311 e. The fraction of sp³-hybridized carbons (Fsp3) is 0.0909. The molecule has 0 radical (unpaired) electrons. The van der Waals surface area contributed by atoms with Crippen molar-refractivity contribution in [2.45, 2.75) is 25.7 Å². The Morgan fingerprint density at radius 1 is 0.510 bits per heavy atom. The largest absolute Gasteiger partial charge is 0.311 e. The van der Waals surface area contributed by atoms with E-state index >= 15 is 0 Å². The first-order chi connectivity index (χ1) is 24.3. The van der Waals surface area contributed by atoms with E-state index in [1.54, 1.807) is 10.4 Å². The van der Waals surface area contributed by atoms with Crippen molar-refractivity contribution in [3.8, 4) is 0 Å². The van der Waals surface area contributed by atoms with E-state index in [9.17, 15) is 0 Å². The zero-order valence-corrected chi connectivity index (χ0v) is 28.0. The van der Waals surface area contributed by atoms with E-state index in [1.807, 2.05) is 0 Å². The van der Waals surface area contributed by atoms with Crippen LogP contribution in [0.2, 0.25) is 0 Å². The van der Waals surface area contributed by atoms with Crippen LogP contribution in [0, 0.1) is 0 Å². The lowest BCUT2D eigenvalue weighted by atomic mass is 9.36. The van der Waals surface area contributed by atoms with Crippen molar-refractivity contribution in [2.75, 3.05) is 14.7 Å². The molecule has 1 aliphatic carbocycles. The van der Waals surface area contributed by atoms with Gasteiger partial charge in [0.1, 0.15) is 0 Å². The Morgan fingerprint density at radius 2 is 1.08 bits per heavy atom. The molecule has 0 spiro atoms. The van der Waals surface area contributed by atoms with Gasteiger partial charge in [0.15, 0.2) is 0 Å². The summed E-state index contributed by atoms with van der Waals surface area (Å²) < 4.78 is 1.49.